The van der Waals surface area contributed by atoms with Crippen LogP contribution in [0.15, 0.2) is 30.3 Å². The molecule has 2 aliphatic heterocycles. The highest BCUT2D eigenvalue weighted by Crippen LogP contribution is 2.40. The minimum absolute atomic E-state index is 0.371. The average molecular weight is 352 g/mol. The smallest absolute Gasteiger partial charge is 0.305 e. The van der Waals surface area contributed by atoms with Gasteiger partial charge in [-0.05, 0) is 19.4 Å². The Hall–Kier alpha value is -1.51. The zero-order chi connectivity index (χ0) is 18.0. The monoisotopic (exact) mass is 352 g/mol. The molecule has 3 rings (SSSR count). The lowest BCUT2D eigenvalue weighted by atomic mass is 10.1. The molecule has 25 heavy (non-hydrogen) atoms. The Kier molecular flexibility index (Phi) is 5.41. The van der Waals surface area contributed by atoms with E-state index in [1.54, 1.807) is 0 Å². The lowest BCUT2D eigenvalue weighted by molar-refractivity contribution is -0.269. The Morgan fingerprint density at radius 1 is 1.20 bits per heavy atom. The molecule has 1 unspecified atom stereocenters. The van der Waals surface area contributed by atoms with Gasteiger partial charge in [0.1, 0.15) is 12.2 Å². The Morgan fingerprint density at radius 2 is 1.88 bits per heavy atom. The van der Waals surface area contributed by atoms with Gasteiger partial charge in [0.05, 0.1) is 6.61 Å². The molecule has 2 heterocycles. The zero-order valence-electron chi connectivity index (χ0n) is 14.8. The van der Waals surface area contributed by atoms with E-state index in [0.717, 1.165) is 5.56 Å². The Labute approximate surface area is 147 Å². The number of fused-ring (bicyclic) bond motifs is 1. The maximum atomic E-state index is 11.3. The van der Waals surface area contributed by atoms with Gasteiger partial charge in [-0.3, -0.25) is 4.79 Å². The van der Waals surface area contributed by atoms with Gasteiger partial charge in [-0.15, -0.1) is 0 Å². The third-order valence-corrected chi connectivity index (χ3v) is 4.09. The summed E-state index contributed by atoms with van der Waals surface area (Å²) in [4.78, 5) is 11.3. The molecule has 138 valence electrons. The van der Waals surface area contributed by atoms with Crippen molar-refractivity contribution in [1.29, 1.82) is 0 Å². The van der Waals surface area contributed by atoms with Gasteiger partial charge in [-0.25, -0.2) is 0 Å². The maximum absolute atomic E-state index is 11.3. The number of benzene rings is 1. The molecule has 5 atom stereocenters. The van der Waals surface area contributed by atoms with Gasteiger partial charge in [0, 0.05) is 14.0 Å². The molecule has 0 N–H and O–H groups in total. The maximum Gasteiger partial charge on any atom is 0.305 e. The van der Waals surface area contributed by atoms with E-state index in [-0.39, 0.29) is 0 Å². The third kappa shape index (κ3) is 4.19. The first-order valence-electron chi connectivity index (χ1n) is 8.26. The Morgan fingerprint density at radius 3 is 2.52 bits per heavy atom. The van der Waals surface area contributed by atoms with Crippen molar-refractivity contribution in [3.05, 3.63) is 35.9 Å². The van der Waals surface area contributed by atoms with Gasteiger partial charge in [0.15, 0.2) is 18.2 Å². The van der Waals surface area contributed by atoms with E-state index in [1.807, 2.05) is 44.2 Å². The summed E-state index contributed by atoms with van der Waals surface area (Å²) >= 11 is 0. The number of methoxy groups -OCH3 is 1. The van der Waals surface area contributed by atoms with Gasteiger partial charge >= 0.3 is 5.97 Å². The summed E-state index contributed by atoms with van der Waals surface area (Å²) < 4.78 is 34.2. The third-order valence-electron chi connectivity index (χ3n) is 4.09. The standard InChI is InChI=1S/C18H24O7/c1-11(19)22-16(20-4)14-13-15(25-18(2,3)24-13)17(23-14)21-10-12-8-6-5-7-9-12/h5-9,13-17H,10H2,1-4H3/t13-,14-,15-,16?,17-/m0/s1. The molecule has 0 amide bonds. The van der Waals surface area contributed by atoms with Gasteiger partial charge in [-0.1, -0.05) is 30.3 Å². The highest BCUT2D eigenvalue weighted by atomic mass is 16.8. The fourth-order valence-corrected chi connectivity index (χ4v) is 3.11. The fourth-order valence-electron chi connectivity index (χ4n) is 3.11. The van der Waals surface area contributed by atoms with Crippen molar-refractivity contribution in [1.82, 2.24) is 0 Å². The molecular weight excluding hydrogens is 328 g/mol. The summed E-state index contributed by atoms with van der Waals surface area (Å²) in [6.07, 6.45) is -3.07. The van der Waals surface area contributed by atoms with Crippen LogP contribution in [0.1, 0.15) is 26.3 Å². The van der Waals surface area contributed by atoms with Crippen LogP contribution in [0.5, 0.6) is 0 Å². The van der Waals surface area contributed by atoms with E-state index in [2.05, 4.69) is 0 Å². The van der Waals surface area contributed by atoms with Crippen LogP contribution in [0.25, 0.3) is 0 Å². The first-order chi connectivity index (χ1) is 11.9. The zero-order valence-corrected chi connectivity index (χ0v) is 14.8. The molecule has 7 heteroatoms. The van der Waals surface area contributed by atoms with Crippen LogP contribution in [-0.2, 0) is 39.8 Å². The van der Waals surface area contributed by atoms with Crippen LogP contribution < -0.4 is 0 Å². The number of rotatable bonds is 6. The molecule has 0 aliphatic carbocycles. The van der Waals surface area contributed by atoms with Gasteiger partial charge in [0.2, 0.25) is 6.29 Å². The Balaban J connectivity index is 1.72. The molecule has 1 aromatic carbocycles. The predicted octanol–water partition coefficient (Wildman–Crippen LogP) is 1.98. The van der Waals surface area contributed by atoms with Crippen molar-refractivity contribution in [2.75, 3.05) is 7.11 Å². The van der Waals surface area contributed by atoms with E-state index >= 15 is 0 Å². The molecule has 0 aromatic heterocycles. The van der Waals surface area contributed by atoms with Crippen LogP contribution in [0.4, 0.5) is 0 Å². The molecule has 0 radical (unpaired) electrons. The summed E-state index contributed by atoms with van der Waals surface area (Å²) in [7, 11) is 1.45. The lowest BCUT2D eigenvalue weighted by Gasteiger charge is -2.27. The van der Waals surface area contributed by atoms with E-state index in [9.17, 15) is 4.79 Å². The van der Waals surface area contributed by atoms with Crippen molar-refractivity contribution >= 4 is 5.97 Å². The van der Waals surface area contributed by atoms with E-state index < -0.39 is 42.6 Å². The molecule has 1 aromatic rings. The summed E-state index contributed by atoms with van der Waals surface area (Å²) in [5.41, 5.74) is 1.02. The molecule has 2 saturated heterocycles. The van der Waals surface area contributed by atoms with E-state index in [0.29, 0.717) is 6.61 Å². The normalized spacial score (nSPS) is 31.5. The van der Waals surface area contributed by atoms with Crippen LogP contribution in [0.3, 0.4) is 0 Å². The molecule has 2 aliphatic rings. The van der Waals surface area contributed by atoms with Crippen molar-refractivity contribution in [2.24, 2.45) is 0 Å². The van der Waals surface area contributed by atoms with Gasteiger partial charge in [-0.2, -0.15) is 0 Å². The second-order valence-electron chi connectivity index (χ2n) is 6.54. The number of carbonyl (C=O) groups is 1. The molecule has 0 spiro atoms. The molecule has 0 bridgehead atoms. The number of ether oxygens (including phenoxy) is 6. The van der Waals surface area contributed by atoms with Crippen molar-refractivity contribution in [2.45, 2.75) is 64.1 Å². The van der Waals surface area contributed by atoms with Gasteiger partial charge < -0.3 is 28.4 Å². The highest BCUT2D eigenvalue weighted by molar-refractivity contribution is 5.66. The topological polar surface area (TPSA) is 72.5 Å². The summed E-state index contributed by atoms with van der Waals surface area (Å²) in [5.74, 6) is -1.24. The Bertz CT molecular complexity index is 588. The number of hydrogen-bond donors (Lipinski definition) is 0. The quantitative estimate of drug-likeness (QED) is 0.572. The second-order valence-corrected chi connectivity index (χ2v) is 6.54. The van der Waals surface area contributed by atoms with E-state index in [4.69, 9.17) is 28.4 Å². The first-order valence-corrected chi connectivity index (χ1v) is 8.26. The summed E-state index contributed by atoms with van der Waals surface area (Å²) in [5, 5.41) is 0. The second kappa shape index (κ2) is 7.39. The lowest BCUT2D eigenvalue weighted by Crippen LogP contribution is -2.41. The largest absolute Gasteiger partial charge is 0.433 e. The molecule has 0 saturated carbocycles. The van der Waals surface area contributed by atoms with Crippen molar-refractivity contribution in [3.8, 4) is 0 Å². The van der Waals surface area contributed by atoms with Crippen molar-refractivity contribution < 1.29 is 33.2 Å². The van der Waals surface area contributed by atoms with Gasteiger partial charge in [0.25, 0.3) is 0 Å². The van der Waals surface area contributed by atoms with Crippen LogP contribution in [-0.4, -0.2) is 49.8 Å². The van der Waals surface area contributed by atoms with Crippen LogP contribution in [0.2, 0.25) is 0 Å². The number of esters is 1. The van der Waals surface area contributed by atoms with Crippen molar-refractivity contribution in [3.63, 3.8) is 0 Å². The number of hydrogen-bond acceptors (Lipinski definition) is 7. The van der Waals surface area contributed by atoms with Crippen LogP contribution >= 0.6 is 0 Å². The predicted molar refractivity (Wildman–Crippen MR) is 86.3 cm³/mol. The summed E-state index contributed by atoms with van der Waals surface area (Å²) in [6, 6.07) is 9.77. The highest BCUT2D eigenvalue weighted by Gasteiger charge is 2.58. The minimum atomic E-state index is -0.896. The van der Waals surface area contributed by atoms with E-state index in [1.165, 1.54) is 14.0 Å². The minimum Gasteiger partial charge on any atom is -0.433 e. The average Bonchev–Trinajstić information content (AvgIpc) is 3.05. The SMILES string of the molecule is COC(OC(C)=O)[C@H]1O[C@H](OCc2ccccc2)[C@H]2OC(C)(C)O[C@H]21. The van der Waals surface area contributed by atoms with Crippen LogP contribution in [0, 0.1) is 0 Å². The summed E-state index contributed by atoms with van der Waals surface area (Å²) in [6.45, 7) is 5.34. The fraction of sp³-hybridized carbons (Fsp3) is 0.611. The number of carbonyl (C=O) groups excluding carboxylic acids is 1. The molecule has 7 nitrogen and oxygen atoms in total. The molecule has 2 fully saturated rings. The first kappa shape index (κ1) is 18.3. The molecular formula is C18H24O7.